The van der Waals surface area contributed by atoms with Gasteiger partial charge in [0.05, 0.1) is 17.4 Å². The molecule has 1 aliphatic heterocycles. The summed E-state index contributed by atoms with van der Waals surface area (Å²) in [4.78, 5) is 24.9. The molecule has 5 heteroatoms. The Balaban J connectivity index is 1.74. The van der Waals surface area contributed by atoms with Crippen LogP contribution in [0.2, 0.25) is 0 Å². The summed E-state index contributed by atoms with van der Waals surface area (Å²) in [6.07, 6.45) is 1.56. The van der Waals surface area contributed by atoms with Crippen molar-refractivity contribution >= 4 is 23.1 Å². The second-order valence-corrected chi connectivity index (χ2v) is 5.38. The molecule has 1 amide bonds. The van der Waals surface area contributed by atoms with Crippen LogP contribution in [0.25, 0.3) is 0 Å². The smallest absolute Gasteiger partial charge is 0.296 e. The maximum absolute atomic E-state index is 11.5. The van der Waals surface area contributed by atoms with Gasteiger partial charge in [0.25, 0.3) is 11.7 Å². The first kappa shape index (κ1) is 12.2. The molecular weight excluding hydrogens is 244 g/mol. The van der Waals surface area contributed by atoms with Crippen LogP contribution in [0.5, 0.6) is 0 Å². The zero-order valence-electron chi connectivity index (χ0n) is 10.7. The van der Waals surface area contributed by atoms with E-state index in [2.05, 4.69) is 10.2 Å². The molecule has 1 aromatic rings. The molecule has 0 spiro atoms. The first-order valence-corrected chi connectivity index (χ1v) is 6.43. The van der Waals surface area contributed by atoms with E-state index in [1.807, 2.05) is 19.2 Å². The number of ketones is 1. The fraction of sp³-hybridized carbons (Fsp3) is 0.429. The summed E-state index contributed by atoms with van der Waals surface area (Å²) < 4.78 is 0. The third kappa shape index (κ3) is 2.10. The highest BCUT2D eigenvalue weighted by Crippen LogP contribution is 2.31. The Labute approximate surface area is 111 Å². The molecule has 0 atom stereocenters. The van der Waals surface area contributed by atoms with Crippen molar-refractivity contribution in [3.8, 4) is 0 Å². The van der Waals surface area contributed by atoms with E-state index in [1.54, 1.807) is 6.07 Å². The summed E-state index contributed by atoms with van der Waals surface area (Å²) in [6.45, 7) is 0.873. The Morgan fingerprint density at radius 2 is 2.11 bits per heavy atom. The monoisotopic (exact) mass is 260 g/mol. The molecule has 0 radical (unpaired) electrons. The molecule has 19 heavy (non-hydrogen) atoms. The van der Waals surface area contributed by atoms with E-state index in [1.165, 1.54) is 0 Å². The highest BCUT2D eigenvalue weighted by atomic mass is 16.3. The topological polar surface area (TPSA) is 69.6 Å². The fourth-order valence-corrected chi connectivity index (χ4v) is 2.71. The van der Waals surface area contributed by atoms with Crippen LogP contribution in [0, 0.1) is 5.92 Å². The second kappa shape index (κ2) is 4.35. The number of anilines is 2. The minimum atomic E-state index is -0.558. The molecule has 3 rings (SSSR count). The lowest BCUT2D eigenvalue weighted by Crippen LogP contribution is -2.37. The van der Waals surface area contributed by atoms with Crippen LogP contribution in [0.4, 0.5) is 11.4 Å². The van der Waals surface area contributed by atoms with Gasteiger partial charge in [-0.15, -0.1) is 0 Å². The number of Topliss-reactive ketones (excluding diaryl/α,β-unsaturated/α-hetero) is 1. The molecule has 1 aromatic carbocycles. The van der Waals surface area contributed by atoms with Crippen LogP contribution in [-0.2, 0) is 4.79 Å². The maximum atomic E-state index is 11.5. The number of nitrogens with one attached hydrogen (secondary N) is 1. The molecule has 1 aliphatic carbocycles. The van der Waals surface area contributed by atoms with E-state index < -0.39 is 11.7 Å². The van der Waals surface area contributed by atoms with Crippen LogP contribution in [0.15, 0.2) is 18.2 Å². The summed E-state index contributed by atoms with van der Waals surface area (Å²) in [5.41, 5.74) is 2.00. The van der Waals surface area contributed by atoms with Gasteiger partial charge >= 0.3 is 0 Å². The zero-order chi connectivity index (χ0) is 13.6. The third-order valence-electron chi connectivity index (χ3n) is 3.89. The molecule has 1 saturated carbocycles. The second-order valence-electron chi connectivity index (χ2n) is 5.38. The fourth-order valence-electron chi connectivity index (χ4n) is 2.71. The molecule has 0 unspecified atom stereocenters. The number of rotatable bonds is 3. The van der Waals surface area contributed by atoms with Crippen molar-refractivity contribution < 1.29 is 14.7 Å². The molecule has 100 valence electrons. The first-order chi connectivity index (χ1) is 9.04. The van der Waals surface area contributed by atoms with Crippen molar-refractivity contribution in [1.29, 1.82) is 0 Å². The van der Waals surface area contributed by atoms with Gasteiger partial charge < -0.3 is 15.3 Å². The molecule has 2 aliphatic rings. The SMILES string of the molecule is CN(CC1CC(O)C1)c1ccc2c(c1)NC(=O)C2=O. The molecule has 1 heterocycles. The van der Waals surface area contributed by atoms with Gasteiger partial charge in [-0.2, -0.15) is 0 Å². The number of benzene rings is 1. The van der Waals surface area contributed by atoms with Gasteiger partial charge in [0.2, 0.25) is 0 Å². The highest BCUT2D eigenvalue weighted by Gasteiger charge is 2.30. The van der Waals surface area contributed by atoms with E-state index in [4.69, 9.17) is 0 Å². The number of aliphatic hydroxyl groups excluding tert-OH is 1. The number of hydrogen-bond acceptors (Lipinski definition) is 4. The number of amides is 1. The number of nitrogens with zero attached hydrogens (tertiary/aromatic N) is 1. The minimum absolute atomic E-state index is 0.143. The lowest BCUT2D eigenvalue weighted by atomic mass is 9.82. The molecule has 0 saturated heterocycles. The molecule has 1 fully saturated rings. The third-order valence-corrected chi connectivity index (χ3v) is 3.89. The quantitative estimate of drug-likeness (QED) is 0.796. The van der Waals surface area contributed by atoms with Crippen molar-refractivity contribution in [2.45, 2.75) is 18.9 Å². The molecule has 0 aromatic heterocycles. The van der Waals surface area contributed by atoms with Crippen LogP contribution < -0.4 is 10.2 Å². The zero-order valence-corrected chi connectivity index (χ0v) is 10.7. The predicted molar refractivity (Wildman–Crippen MR) is 71.4 cm³/mol. The number of hydrogen-bond donors (Lipinski definition) is 2. The first-order valence-electron chi connectivity index (χ1n) is 6.43. The van der Waals surface area contributed by atoms with Gasteiger partial charge in [0.1, 0.15) is 0 Å². The standard InChI is InChI=1S/C14H16N2O3/c1-16(7-8-4-10(17)5-8)9-2-3-11-12(6-9)15-14(19)13(11)18/h2-3,6,8,10,17H,4-5,7H2,1H3,(H,15,18,19). The summed E-state index contributed by atoms with van der Waals surface area (Å²) in [7, 11) is 1.98. The Morgan fingerprint density at radius 3 is 2.79 bits per heavy atom. The van der Waals surface area contributed by atoms with Gasteiger partial charge in [-0.3, -0.25) is 9.59 Å². The van der Waals surface area contributed by atoms with Gasteiger partial charge in [-0.05, 0) is 37.0 Å². The molecule has 5 nitrogen and oxygen atoms in total. The van der Waals surface area contributed by atoms with E-state index >= 15 is 0 Å². The van der Waals surface area contributed by atoms with E-state index in [9.17, 15) is 14.7 Å². The Kier molecular flexibility index (Phi) is 2.78. The number of fused-ring (bicyclic) bond motifs is 1. The summed E-state index contributed by atoms with van der Waals surface area (Å²) in [5, 5.41) is 11.9. The van der Waals surface area contributed by atoms with E-state index in [-0.39, 0.29) is 6.10 Å². The van der Waals surface area contributed by atoms with Crippen molar-refractivity contribution in [2.75, 3.05) is 23.8 Å². The number of carbonyl (C=O) groups excluding carboxylic acids is 2. The normalized spacial score (nSPS) is 24.7. The highest BCUT2D eigenvalue weighted by molar-refractivity contribution is 6.51. The molecule has 2 N–H and O–H groups in total. The van der Waals surface area contributed by atoms with E-state index in [0.29, 0.717) is 17.2 Å². The molecule has 0 bridgehead atoms. The van der Waals surface area contributed by atoms with E-state index in [0.717, 1.165) is 25.1 Å². The predicted octanol–water partition coefficient (Wildman–Crippen LogP) is 1.03. The largest absolute Gasteiger partial charge is 0.393 e. The Morgan fingerprint density at radius 1 is 1.37 bits per heavy atom. The van der Waals surface area contributed by atoms with Crippen LogP contribution in [0.1, 0.15) is 23.2 Å². The summed E-state index contributed by atoms with van der Waals surface area (Å²) in [6, 6.07) is 5.37. The average molecular weight is 260 g/mol. The van der Waals surface area contributed by atoms with Crippen molar-refractivity contribution in [3.63, 3.8) is 0 Å². The minimum Gasteiger partial charge on any atom is -0.393 e. The van der Waals surface area contributed by atoms with Gasteiger partial charge in [-0.25, -0.2) is 0 Å². The summed E-state index contributed by atoms with van der Waals surface area (Å²) >= 11 is 0. The Bertz CT molecular complexity index is 550. The lowest BCUT2D eigenvalue weighted by molar-refractivity contribution is -0.112. The Hall–Kier alpha value is -1.88. The lowest BCUT2D eigenvalue weighted by Gasteiger charge is -2.35. The van der Waals surface area contributed by atoms with Gasteiger partial charge in [0.15, 0.2) is 0 Å². The average Bonchev–Trinajstić information content (AvgIpc) is 2.62. The number of carbonyl (C=O) groups is 2. The summed E-state index contributed by atoms with van der Waals surface area (Å²) in [5.74, 6) is -0.507. The maximum Gasteiger partial charge on any atom is 0.296 e. The van der Waals surface area contributed by atoms with Crippen molar-refractivity contribution in [1.82, 2.24) is 0 Å². The van der Waals surface area contributed by atoms with Gasteiger partial charge in [-0.1, -0.05) is 0 Å². The van der Waals surface area contributed by atoms with Crippen molar-refractivity contribution in [2.24, 2.45) is 5.92 Å². The van der Waals surface area contributed by atoms with Gasteiger partial charge in [0, 0.05) is 19.3 Å². The van der Waals surface area contributed by atoms with Crippen LogP contribution >= 0.6 is 0 Å². The van der Waals surface area contributed by atoms with Crippen LogP contribution in [0.3, 0.4) is 0 Å². The molecular formula is C14H16N2O3. The van der Waals surface area contributed by atoms with Crippen molar-refractivity contribution in [3.05, 3.63) is 23.8 Å². The number of aliphatic hydroxyl groups is 1. The van der Waals surface area contributed by atoms with Crippen LogP contribution in [-0.4, -0.2) is 36.5 Å².